The number of carbonyl (C=O) groups excluding carboxylic acids is 1. The van der Waals surface area contributed by atoms with Crippen LogP contribution in [0.3, 0.4) is 0 Å². The van der Waals surface area contributed by atoms with Gasteiger partial charge in [-0.3, -0.25) is 4.79 Å². The maximum Gasteiger partial charge on any atom is 0.255 e. The minimum atomic E-state index is -1.13. The van der Waals surface area contributed by atoms with Gasteiger partial charge in [0, 0.05) is 20.4 Å². The highest BCUT2D eigenvalue weighted by Gasteiger charge is 2.21. The van der Waals surface area contributed by atoms with Gasteiger partial charge >= 0.3 is 0 Å². The van der Waals surface area contributed by atoms with E-state index in [1.807, 2.05) is 19.9 Å². The third kappa shape index (κ3) is 5.58. The highest BCUT2D eigenvalue weighted by atomic mass is 79.9. The van der Waals surface area contributed by atoms with Gasteiger partial charge in [-0.2, -0.15) is 5.10 Å². The predicted molar refractivity (Wildman–Crippen MR) is 95.6 cm³/mol. The molecule has 1 aromatic heterocycles. The average Bonchev–Trinajstić information content (AvgIpc) is 2.69. The Labute approximate surface area is 141 Å². The minimum Gasteiger partial charge on any atom is -0.365 e. The van der Waals surface area contributed by atoms with Crippen LogP contribution in [0.25, 0.3) is 0 Å². The zero-order valence-corrected chi connectivity index (χ0v) is 16.5. The first kappa shape index (κ1) is 18.9. The van der Waals surface area contributed by atoms with Crippen LogP contribution in [0.5, 0.6) is 0 Å². The SMILES string of the molecule is C/C=C(\C)Nc1c(C(N)=O)c(Br)nn1COCC[Si](C)(C)C. The van der Waals surface area contributed by atoms with Crippen LogP contribution < -0.4 is 11.1 Å². The molecule has 0 aliphatic carbocycles. The molecule has 1 aromatic rings. The summed E-state index contributed by atoms with van der Waals surface area (Å²) in [6, 6.07) is 1.08. The lowest BCUT2D eigenvalue weighted by Crippen LogP contribution is -2.22. The summed E-state index contributed by atoms with van der Waals surface area (Å²) >= 11 is 3.28. The normalized spacial score (nSPS) is 12.5. The molecular weight excluding hydrogens is 364 g/mol. The summed E-state index contributed by atoms with van der Waals surface area (Å²) in [5, 5.41) is 7.43. The summed E-state index contributed by atoms with van der Waals surface area (Å²) in [6.45, 7) is 11.7. The van der Waals surface area contributed by atoms with Crippen molar-refractivity contribution in [3.8, 4) is 0 Å². The second-order valence-corrected chi connectivity index (χ2v) is 12.7. The standard InChI is InChI=1S/C14H25BrN4O2Si/c1-6-10(2)17-14-11(13(16)20)12(15)18-19(14)9-21-7-8-22(3,4)5/h6,17H,7-9H2,1-5H3,(H2,16,20)/b10-6+. The lowest BCUT2D eigenvalue weighted by molar-refractivity contribution is 0.0798. The fourth-order valence-electron chi connectivity index (χ4n) is 1.66. The zero-order chi connectivity index (χ0) is 16.9. The van der Waals surface area contributed by atoms with Gasteiger partial charge in [0.1, 0.15) is 22.7 Å². The number of allylic oxidation sites excluding steroid dienone is 2. The van der Waals surface area contributed by atoms with Gasteiger partial charge < -0.3 is 15.8 Å². The number of nitrogens with one attached hydrogen (secondary N) is 1. The molecule has 0 radical (unpaired) electrons. The molecule has 22 heavy (non-hydrogen) atoms. The van der Waals surface area contributed by atoms with E-state index in [1.54, 1.807) is 4.68 Å². The molecule has 0 spiro atoms. The quantitative estimate of drug-likeness (QED) is 0.527. The lowest BCUT2D eigenvalue weighted by Gasteiger charge is -2.16. The molecule has 124 valence electrons. The monoisotopic (exact) mass is 388 g/mol. The van der Waals surface area contributed by atoms with Gasteiger partial charge in [-0.25, -0.2) is 4.68 Å². The Kier molecular flexibility index (Phi) is 6.83. The number of amides is 1. The molecule has 0 bridgehead atoms. The van der Waals surface area contributed by atoms with Crippen LogP contribution in [0.15, 0.2) is 16.4 Å². The average molecular weight is 389 g/mol. The molecular formula is C14H25BrN4O2Si. The van der Waals surface area contributed by atoms with Crippen molar-refractivity contribution in [3.63, 3.8) is 0 Å². The number of halogens is 1. The number of ether oxygens (including phenoxy) is 1. The van der Waals surface area contributed by atoms with E-state index in [0.717, 1.165) is 11.7 Å². The molecule has 0 aliphatic rings. The summed E-state index contributed by atoms with van der Waals surface area (Å²) in [4.78, 5) is 11.6. The molecule has 1 rings (SSSR count). The summed E-state index contributed by atoms with van der Waals surface area (Å²) in [6.07, 6.45) is 1.90. The van der Waals surface area contributed by atoms with E-state index in [-0.39, 0.29) is 6.73 Å². The second-order valence-electron chi connectivity index (χ2n) is 6.32. The minimum absolute atomic E-state index is 0.273. The van der Waals surface area contributed by atoms with Crippen molar-refractivity contribution in [1.82, 2.24) is 9.78 Å². The van der Waals surface area contributed by atoms with E-state index in [9.17, 15) is 4.79 Å². The van der Waals surface area contributed by atoms with Gasteiger partial charge in [0.05, 0.1) is 0 Å². The molecule has 0 atom stereocenters. The Bertz CT molecular complexity index is 564. The van der Waals surface area contributed by atoms with Crippen molar-refractivity contribution < 1.29 is 9.53 Å². The van der Waals surface area contributed by atoms with E-state index in [2.05, 4.69) is 46.0 Å². The first-order valence-electron chi connectivity index (χ1n) is 7.19. The van der Waals surface area contributed by atoms with Gasteiger partial charge in [-0.15, -0.1) is 0 Å². The van der Waals surface area contributed by atoms with Crippen molar-refractivity contribution in [2.75, 3.05) is 11.9 Å². The van der Waals surface area contributed by atoms with Crippen LogP contribution >= 0.6 is 15.9 Å². The van der Waals surface area contributed by atoms with Crippen molar-refractivity contribution >= 4 is 35.7 Å². The molecule has 0 saturated carbocycles. The van der Waals surface area contributed by atoms with E-state index in [1.165, 1.54) is 0 Å². The first-order chi connectivity index (χ1) is 10.2. The summed E-state index contributed by atoms with van der Waals surface area (Å²) in [5.74, 6) is 0.00889. The van der Waals surface area contributed by atoms with Crippen molar-refractivity contribution in [2.45, 2.75) is 46.3 Å². The van der Waals surface area contributed by atoms with Crippen LogP contribution in [0, 0.1) is 0 Å². The molecule has 3 N–H and O–H groups in total. The fourth-order valence-corrected chi connectivity index (χ4v) is 2.99. The molecule has 6 nitrogen and oxygen atoms in total. The fraction of sp³-hybridized carbons (Fsp3) is 0.571. The van der Waals surface area contributed by atoms with Crippen molar-refractivity contribution in [1.29, 1.82) is 0 Å². The van der Waals surface area contributed by atoms with Gasteiger partial charge in [-0.1, -0.05) is 25.7 Å². The van der Waals surface area contributed by atoms with E-state index < -0.39 is 14.0 Å². The molecule has 1 amide bonds. The molecule has 1 heterocycles. The Morgan fingerprint density at radius 2 is 2.14 bits per heavy atom. The number of carbonyl (C=O) groups is 1. The summed E-state index contributed by atoms with van der Waals surface area (Å²) in [5.41, 5.74) is 6.67. The molecule has 0 saturated heterocycles. The third-order valence-electron chi connectivity index (χ3n) is 3.11. The molecule has 0 fully saturated rings. The number of nitrogens with zero attached hydrogens (tertiary/aromatic N) is 2. The highest BCUT2D eigenvalue weighted by Crippen LogP contribution is 2.25. The maximum absolute atomic E-state index is 11.6. The molecule has 0 aromatic carbocycles. The first-order valence-corrected chi connectivity index (χ1v) is 11.7. The van der Waals surface area contributed by atoms with Crippen molar-refractivity contribution in [2.24, 2.45) is 5.73 Å². The van der Waals surface area contributed by atoms with Gasteiger partial charge in [-0.05, 0) is 35.8 Å². The maximum atomic E-state index is 11.6. The topological polar surface area (TPSA) is 82.2 Å². The Morgan fingerprint density at radius 1 is 1.50 bits per heavy atom. The highest BCUT2D eigenvalue weighted by molar-refractivity contribution is 9.10. The molecule has 0 unspecified atom stereocenters. The zero-order valence-electron chi connectivity index (χ0n) is 13.9. The smallest absolute Gasteiger partial charge is 0.255 e. The molecule has 8 heteroatoms. The third-order valence-corrected chi connectivity index (χ3v) is 5.37. The summed E-state index contributed by atoms with van der Waals surface area (Å²) < 4.78 is 7.73. The van der Waals surface area contributed by atoms with Gasteiger partial charge in [0.25, 0.3) is 5.91 Å². The van der Waals surface area contributed by atoms with Gasteiger partial charge in [0.15, 0.2) is 0 Å². The van der Waals surface area contributed by atoms with Gasteiger partial charge in [0.2, 0.25) is 0 Å². The molecule has 0 aliphatic heterocycles. The van der Waals surface area contributed by atoms with E-state index >= 15 is 0 Å². The number of rotatable bonds is 8. The van der Waals surface area contributed by atoms with Crippen LogP contribution in [0.4, 0.5) is 5.82 Å². The van der Waals surface area contributed by atoms with Crippen LogP contribution in [0.1, 0.15) is 24.2 Å². The number of nitrogens with two attached hydrogens (primary N) is 1. The number of hydrogen-bond acceptors (Lipinski definition) is 4. The second kappa shape index (κ2) is 7.93. The van der Waals surface area contributed by atoms with Crippen LogP contribution in [-0.4, -0.2) is 30.4 Å². The number of hydrogen-bond donors (Lipinski definition) is 2. The lowest BCUT2D eigenvalue weighted by atomic mass is 10.3. The Balaban J connectivity index is 2.89. The number of primary amides is 1. The van der Waals surface area contributed by atoms with Crippen molar-refractivity contribution in [3.05, 3.63) is 21.9 Å². The summed E-state index contributed by atoms with van der Waals surface area (Å²) in [7, 11) is -1.13. The largest absolute Gasteiger partial charge is 0.365 e. The number of aromatic nitrogens is 2. The van der Waals surface area contributed by atoms with E-state index in [4.69, 9.17) is 10.5 Å². The number of anilines is 1. The Hall–Kier alpha value is -1.12. The van der Waals surface area contributed by atoms with E-state index in [0.29, 0.717) is 22.6 Å². The van der Waals surface area contributed by atoms with Crippen LogP contribution in [-0.2, 0) is 11.5 Å². The van der Waals surface area contributed by atoms with Crippen LogP contribution in [0.2, 0.25) is 25.7 Å². The Morgan fingerprint density at radius 3 is 2.64 bits per heavy atom. The predicted octanol–water partition coefficient (Wildman–Crippen LogP) is 3.39.